The van der Waals surface area contributed by atoms with Gasteiger partial charge in [-0.2, -0.15) is 0 Å². The van der Waals surface area contributed by atoms with E-state index in [1.54, 1.807) is 0 Å². The fourth-order valence-corrected chi connectivity index (χ4v) is 4.02. The van der Waals surface area contributed by atoms with E-state index < -0.39 is 0 Å². The zero-order valence-electron chi connectivity index (χ0n) is 14.7. The van der Waals surface area contributed by atoms with Gasteiger partial charge in [-0.25, -0.2) is 0 Å². The van der Waals surface area contributed by atoms with Crippen molar-refractivity contribution in [2.24, 2.45) is 5.92 Å². The number of para-hydroxylation sites is 1. The summed E-state index contributed by atoms with van der Waals surface area (Å²) in [6, 6.07) is 9.05. The number of benzene rings is 1. The number of nitrogens with one attached hydrogen (secondary N) is 1. The number of rotatable bonds is 5. The molecule has 2 N–H and O–H groups in total. The molecule has 0 saturated heterocycles. The minimum Gasteiger partial charge on any atom is -0.390 e. The van der Waals surface area contributed by atoms with Crippen LogP contribution in [0.1, 0.15) is 43.9 Å². The molecule has 1 saturated carbocycles. The van der Waals surface area contributed by atoms with Gasteiger partial charge in [0.2, 0.25) is 0 Å². The molecule has 1 aliphatic rings. The van der Waals surface area contributed by atoms with Crippen LogP contribution >= 0.6 is 0 Å². The number of aliphatic hydroxyl groups is 1. The number of aryl methyl sites for hydroxylation is 1. The van der Waals surface area contributed by atoms with Crippen molar-refractivity contribution in [2.75, 3.05) is 6.54 Å². The SMILES string of the molecule is Cc1c(C)n(C[C@H](O)CN[C@H]2CCCC[C@@H]2C)c2ccccc12. The molecule has 1 fully saturated rings. The van der Waals surface area contributed by atoms with E-state index in [0.717, 1.165) is 5.92 Å². The number of hydrogen-bond donors (Lipinski definition) is 2. The lowest BCUT2D eigenvalue weighted by molar-refractivity contribution is 0.139. The minimum atomic E-state index is -0.349. The molecule has 3 atom stereocenters. The fraction of sp³-hybridized carbons (Fsp3) is 0.600. The summed E-state index contributed by atoms with van der Waals surface area (Å²) in [6.45, 7) is 7.99. The average molecular weight is 314 g/mol. The third-order valence-electron chi connectivity index (χ3n) is 5.67. The summed E-state index contributed by atoms with van der Waals surface area (Å²) in [6.07, 6.45) is 4.89. The molecule has 3 nitrogen and oxygen atoms in total. The molecule has 0 aliphatic heterocycles. The van der Waals surface area contributed by atoms with Crippen LogP contribution in [0, 0.1) is 19.8 Å². The normalized spacial score (nSPS) is 23.3. The summed E-state index contributed by atoms with van der Waals surface area (Å²) >= 11 is 0. The summed E-state index contributed by atoms with van der Waals surface area (Å²) in [4.78, 5) is 0. The standard InChI is InChI=1S/C20H30N2O/c1-14-8-4-6-10-19(14)21-12-17(23)13-22-16(3)15(2)18-9-5-7-11-20(18)22/h5,7,9,11,14,17,19,21,23H,4,6,8,10,12-13H2,1-3H3/t14-,17+,19-/m0/s1. The predicted octanol–water partition coefficient (Wildman–Crippen LogP) is 3.79. The average Bonchev–Trinajstić information content (AvgIpc) is 2.80. The first-order chi connectivity index (χ1) is 11.1. The van der Waals surface area contributed by atoms with Gasteiger partial charge in [0, 0.05) is 29.2 Å². The molecule has 3 heteroatoms. The highest BCUT2D eigenvalue weighted by atomic mass is 16.3. The van der Waals surface area contributed by atoms with E-state index in [0.29, 0.717) is 19.1 Å². The topological polar surface area (TPSA) is 37.2 Å². The Hall–Kier alpha value is -1.32. The van der Waals surface area contributed by atoms with Gasteiger partial charge in [-0.3, -0.25) is 0 Å². The second-order valence-corrected chi connectivity index (χ2v) is 7.27. The number of nitrogens with zero attached hydrogens (tertiary/aromatic N) is 1. The van der Waals surface area contributed by atoms with Gasteiger partial charge in [-0.15, -0.1) is 0 Å². The lowest BCUT2D eigenvalue weighted by Gasteiger charge is -2.30. The van der Waals surface area contributed by atoms with Gasteiger partial charge in [0.05, 0.1) is 12.6 Å². The Labute approximate surface area is 139 Å². The molecule has 1 aromatic heterocycles. The molecule has 3 rings (SSSR count). The molecule has 1 heterocycles. The Kier molecular flexibility index (Phi) is 5.08. The number of aliphatic hydroxyl groups excluding tert-OH is 1. The highest BCUT2D eigenvalue weighted by molar-refractivity contribution is 5.85. The Balaban J connectivity index is 1.66. The van der Waals surface area contributed by atoms with Crippen molar-refractivity contribution in [1.82, 2.24) is 9.88 Å². The largest absolute Gasteiger partial charge is 0.390 e. The van der Waals surface area contributed by atoms with Gasteiger partial charge in [0.15, 0.2) is 0 Å². The van der Waals surface area contributed by atoms with Gasteiger partial charge in [-0.1, -0.05) is 38.0 Å². The molecule has 23 heavy (non-hydrogen) atoms. The molecule has 1 aromatic carbocycles. The van der Waals surface area contributed by atoms with Crippen LogP contribution in [0.2, 0.25) is 0 Å². The van der Waals surface area contributed by atoms with E-state index in [1.807, 2.05) is 0 Å². The minimum absolute atomic E-state index is 0.349. The second kappa shape index (κ2) is 7.06. The van der Waals surface area contributed by atoms with Crippen LogP contribution < -0.4 is 5.32 Å². The van der Waals surface area contributed by atoms with Crippen LogP contribution in [0.25, 0.3) is 10.9 Å². The maximum Gasteiger partial charge on any atom is 0.0843 e. The molecule has 0 bridgehead atoms. The maximum absolute atomic E-state index is 10.5. The van der Waals surface area contributed by atoms with Crippen molar-refractivity contribution in [3.8, 4) is 0 Å². The van der Waals surface area contributed by atoms with Crippen LogP contribution in [-0.4, -0.2) is 28.4 Å². The van der Waals surface area contributed by atoms with Crippen molar-refractivity contribution in [3.05, 3.63) is 35.5 Å². The van der Waals surface area contributed by atoms with Crippen molar-refractivity contribution in [3.63, 3.8) is 0 Å². The molecule has 126 valence electrons. The lowest BCUT2D eigenvalue weighted by atomic mass is 9.86. The van der Waals surface area contributed by atoms with Crippen molar-refractivity contribution in [1.29, 1.82) is 0 Å². The first-order valence-corrected chi connectivity index (χ1v) is 9.03. The Morgan fingerprint density at radius 2 is 1.96 bits per heavy atom. The molecule has 0 amide bonds. The summed E-state index contributed by atoms with van der Waals surface area (Å²) in [5.74, 6) is 0.729. The first kappa shape index (κ1) is 16.5. The van der Waals surface area contributed by atoms with Gasteiger partial charge in [-0.05, 0) is 44.2 Å². The Bertz CT molecular complexity index is 661. The number of fused-ring (bicyclic) bond motifs is 1. The smallest absolute Gasteiger partial charge is 0.0843 e. The summed E-state index contributed by atoms with van der Waals surface area (Å²) in [5, 5.41) is 15.4. The highest BCUT2D eigenvalue weighted by Crippen LogP contribution is 2.26. The van der Waals surface area contributed by atoms with Gasteiger partial charge < -0.3 is 15.0 Å². The Morgan fingerprint density at radius 3 is 2.74 bits per heavy atom. The van der Waals surface area contributed by atoms with E-state index >= 15 is 0 Å². The van der Waals surface area contributed by atoms with Crippen LogP contribution in [0.3, 0.4) is 0 Å². The predicted molar refractivity (Wildman–Crippen MR) is 96.8 cm³/mol. The van der Waals surface area contributed by atoms with Gasteiger partial charge >= 0.3 is 0 Å². The monoisotopic (exact) mass is 314 g/mol. The molecule has 0 radical (unpaired) electrons. The lowest BCUT2D eigenvalue weighted by Crippen LogP contribution is -2.42. The van der Waals surface area contributed by atoms with Crippen LogP contribution in [0.5, 0.6) is 0 Å². The quantitative estimate of drug-likeness (QED) is 0.881. The van der Waals surface area contributed by atoms with Gasteiger partial charge in [0.25, 0.3) is 0 Å². The summed E-state index contributed by atoms with van der Waals surface area (Å²) in [5.41, 5.74) is 3.81. The zero-order chi connectivity index (χ0) is 16.4. The van der Waals surface area contributed by atoms with Crippen molar-refractivity contribution < 1.29 is 5.11 Å². The highest BCUT2D eigenvalue weighted by Gasteiger charge is 2.22. The molecule has 0 unspecified atom stereocenters. The molecule has 2 aromatic rings. The van der Waals surface area contributed by atoms with Crippen molar-refractivity contribution in [2.45, 2.75) is 65.1 Å². The summed E-state index contributed by atoms with van der Waals surface area (Å²) < 4.78 is 2.27. The number of aromatic nitrogens is 1. The fourth-order valence-electron chi connectivity index (χ4n) is 4.02. The third kappa shape index (κ3) is 3.46. The third-order valence-corrected chi connectivity index (χ3v) is 5.67. The maximum atomic E-state index is 10.5. The zero-order valence-corrected chi connectivity index (χ0v) is 14.7. The van der Waals surface area contributed by atoms with E-state index in [-0.39, 0.29) is 6.10 Å². The van der Waals surface area contributed by atoms with Crippen LogP contribution in [0.4, 0.5) is 0 Å². The van der Waals surface area contributed by atoms with E-state index in [4.69, 9.17) is 0 Å². The molecular weight excluding hydrogens is 284 g/mol. The molecule has 0 spiro atoms. The van der Waals surface area contributed by atoms with Gasteiger partial charge in [0.1, 0.15) is 0 Å². The molecule has 1 aliphatic carbocycles. The Morgan fingerprint density at radius 1 is 1.22 bits per heavy atom. The van der Waals surface area contributed by atoms with E-state index in [9.17, 15) is 5.11 Å². The number of hydrogen-bond acceptors (Lipinski definition) is 2. The summed E-state index contributed by atoms with van der Waals surface area (Å²) in [7, 11) is 0. The second-order valence-electron chi connectivity index (χ2n) is 7.27. The van der Waals surface area contributed by atoms with Crippen LogP contribution in [0.15, 0.2) is 24.3 Å². The van der Waals surface area contributed by atoms with E-state index in [2.05, 4.69) is 54.9 Å². The van der Waals surface area contributed by atoms with Crippen LogP contribution in [-0.2, 0) is 6.54 Å². The molecular formula is C20H30N2O. The van der Waals surface area contributed by atoms with Crippen molar-refractivity contribution >= 4 is 10.9 Å². The van der Waals surface area contributed by atoms with E-state index in [1.165, 1.54) is 47.8 Å². The first-order valence-electron chi connectivity index (χ1n) is 9.03.